The van der Waals surface area contributed by atoms with Crippen LogP contribution in [0.1, 0.15) is 5.56 Å². The maximum absolute atomic E-state index is 13.3. The van der Waals surface area contributed by atoms with Gasteiger partial charge in [0.1, 0.15) is 11.6 Å². The van der Waals surface area contributed by atoms with Gasteiger partial charge in [0.05, 0.1) is 6.54 Å². The number of hydrogen-bond donors (Lipinski definition) is 0. The molecule has 0 heterocycles. The molecule has 1 rings (SSSR count). The molecule has 1 aromatic carbocycles. The van der Waals surface area contributed by atoms with E-state index in [1.165, 1.54) is 11.0 Å². The van der Waals surface area contributed by atoms with E-state index in [0.29, 0.717) is 0 Å². The van der Waals surface area contributed by atoms with Crippen LogP contribution in [0.15, 0.2) is 18.2 Å². The largest absolute Gasteiger partial charge is 0.292 e. The summed E-state index contributed by atoms with van der Waals surface area (Å²) in [6.45, 7) is -0.268. The Bertz CT molecular complexity index is 359. The van der Waals surface area contributed by atoms with Gasteiger partial charge in [-0.15, -0.1) is 11.6 Å². The molecule has 96 valence electrons. The lowest BCUT2D eigenvalue weighted by Crippen LogP contribution is -2.30. The fraction of sp³-hybridized carbons (Fsp3) is 0.455. The number of rotatable bonds is 6. The summed E-state index contributed by atoms with van der Waals surface area (Å²) in [6, 6.07) is 3.08. The maximum atomic E-state index is 13.3. The van der Waals surface area contributed by atoms with Crippen LogP contribution in [0.3, 0.4) is 0 Å². The van der Waals surface area contributed by atoms with Crippen molar-refractivity contribution >= 4 is 11.6 Å². The zero-order chi connectivity index (χ0) is 12.8. The number of nitrogens with zero attached hydrogens (tertiary/aromatic N) is 1. The summed E-state index contributed by atoms with van der Waals surface area (Å²) < 4.78 is 50.4. The summed E-state index contributed by atoms with van der Waals surface area (Å²) in [6.07, 6.45) is -2.51. The van der Waals surface area contributed by atoms with E-state index in [0.717, 1.165) is 12.1 Å². The summed E-state index contributed by atoms with van der Waals surface area (Å²) in [4.78, 5) is 1.33. The highest BCUT2D eigenvalue weighted by molar-refractivity contribution is 6.18. The van der Waals surface area contributed by atoms with Crippen LogP contribution >= 0.6 is 11.6 Å². The van der Waals surface area contributed by atoms with E-state index in [9.17, 15) is 17.6 Å². The first-order valence-electron chi connectivity index (χ1n) is 5.03. The molecule has 6 heteroatoms. The summed E-state index contributed by atoms with van der Waals surface area (Å²) in [7, 11) is 0. The SMILES string of the molecule is Fc1ccc(CN(CCCl)CC(F)F)c(F)c1. The van der Waals surface area contributed by atoms with Gasteiger partial charge in [0.15, 0.2) is 0 Å². The molecule has 0 unspecified atom stereocenters. The summed E-state index contributed by atoms with van der Waals surface area (Å²) in [5.74, 6) is -1.25. The molecular formula is C11H12ClF4N. The number of alkyl halides is 3. The lowest BCUT2D eigenvalue weighted by Gasteiger charge is -2.20. The number of halogens is 5. The fourth-order valence-electron chi connectivity index (χ4n) is 1.44. The predicted molar refractivity (Wildman–Crippen MR) is 58.4 cm³/mol. The Morgan fingerprint density at radius 1 is 1.24 bits per heavy atom. The standard InChI is InChI=1S/C11H12ClF4N/c12-3-4-17(7-11(15)16)6-8-1-2-9(13)5-10(8)14/h1-2,5,11H,3-4,6-7H2. The van der Waals surface area contributed by atoms with Crippen molar-refractivity contribution in [2.75, 3.05) is 19.0 Å². The molecule has 0 spiro atoms. The quantitative estimate of drug-likeness (QED) is 0.566. The van der Waals surface area contributed by atoms with Crippen LogP contribution in [0.4, 0.5) is 17.6 Å². The average Bonchev–Trinajstić information content (AvgIpc) is 2.21. The van der Waals surface area contributed by atoms with Crippen molar-refractivity contribution in [1.29, 1.82) is 0 Å². The van der Waals surface area contributed by atoms with Crippen molar-refractivity contribution in [2.24, 2.45) is 0 Å². The van der Waals surface area contributed by atoms with Crippen molar-refractivity contribution in [3.8, 4) is 0 Å². The second-order valence-corrected chi connectivity index (χ2v) is 3.93. The summed E-state index contributed by atoms with van der Waals surface area (Å²) >= 11 is 5.47. The number of benzene rings is 1. The molecule has 0 fully saturated rings. The van der Waals surface area contributed by atoms with Crippen molar-refractivity contribution in [2.45, 2.75) is 13.0 Å². The number of hydrogen-bond acceptors (Lipinski definition) is 1. The van der Waals surface area contributed by atoms with Crippen LogP contribution in [-0.2, 0) is 6.54 Å². The van der Waals surface area contributed by atoms with Crippen LogP contribution in [0, 0.1) is 11.6 Å². The molecule has 0 saturated carbocycles. The third kappa shape index (κ3) is 4.91. The molecule has 1 aromatic rings. The molecule has 0 aromatic heterocycles. The zero-order valence-electron chi connectivity index (χ0n) is 8.97. The van der Waals surface area contributed by atoms with E-state index < -0.39 is 24.6 Å². The molecule has 0 aliphatic heterocycles. The van der Waals surface area contributed by atoms with E-state index in [1.807, 2.05) is 0 Å². The molecule has 17 heavy (non-hydrogen) atoms. The first-order valence-corrected chi connectivity index (χ1v) is 5.56. The Balaban J connectivity index is 2.71. The molecule has 0 atom stereocenters. The highest BCUT2D eigenvalue weighted by Gasteiger charge is 2.14. The Morgan fingerprint density at radius 2 is 1.94 bits per heavy atom. The maximum Gasteiger partial charge on any atom is 0.251 e. The average molecular weight is 270 g/mol. The van der Waals surface area contributed by atoms with Crippen LogP contribution < -0.4 is 0 Å². The summed E-state index contributed by atoms with van der Waals surface area (Å²) in [5, 5.41) is 0. The van der Waals surface area contributed by atoms with E-state index in [4.69, 9.17) is 11.6 Å². The second-order valence-electron chi connectivity index (χ2n) is 3.55. The molecule has 0 bridgehead atoms. The van der Waals surface area contributed by atoms with Gasteiger partial charge in [0.25, 0.3) is 6.43 Å². The molecule has 0 radical (unpaired) electrons. The highest BCUT2D eigenvalue weighted by atomic mass is 35.5. The lowest BCUT2D eigenvalue weighted by atomic mass is 10.2. The van der Waals surface area contributed by atoms with Crippen LogP contribution in [0.5, 0.6) is 0 Å². The van der Waals surface area contributed by atoms with Gasteiger partial charge < -0.3 is 0 Å². The smallest absolute Gasteiger partial charge is 0.251 e. The molecule has 0 N–H and O–H groups in total. The molecular weight excluding hydrogens is 258 g/mol. The van der Waals surface area contributed by atoms with Crippen molar-refractivity contribution < 1.29 is 17.6 Å². The summed E-state index contributed by atoms with van der Waals surface area (Å²) in [5.41, 5.74) is 0.178. The first kappa shape index (κ1) is 14.3. The van der Waals surface area contributed by atoms with Gasteiger partial charge in [0.2, 0.25) is 0 Å². The van der Waals surface area contributed by atoms with E-state index in [-0.39, 0.29) is 24.5 Å². The molecule has 0 aliphatic rings. The Kier molecular flexibility index (Phi) is 5.71. The zero-order valence-corrected chi connectivity index (χ0v) is 9.73. The van der Waals surface area contributed by atoms with Gasteiger partial charge in [-0.25, -0.2) is 17.6 Å². The molecule has 0 amide bonds. The van der Waals surface area contributed by atoms with Gasteiger partial charge in [0, 0.05) is 30.6 Å². The van der Waals surface area contributed by atoms with Crippen LogP contribution in [-0.4, -0.2) is 30.3 Å². The molecule has 1 nitrogen and oxygen atoms in total. The molecule has 0 saturated heterocycles. The van der Waals surface area contributed by atoms with Gasteiger partial charge in [-0.2, -0.15) is 0 Å². The topological polar surface area (TPSA) is 3.24 Å². The van der Waals surface area contributed by atoms with Gasteiger partial charge in [-0.1, -0.05) is 6.07 Å². The van der Waals surface area contributed by atoms with Crippen molar-refractivity contribution in [3.63, 3.8) is 0 Å². The minimum atomic E-state index is -2.51. The van der Waals surface area contributed by atoms with E-state index in [2.05, 4.69) is 0 Å². The van der Waals surface area contributed by atoms with E-state index >= 15 is 0 Å². The van der Waals surface area contributed by atoms with Crippen LogP contribution in [0.25, 0.3) is 0 Å². The minimum Gasteiger partial charge on any atom is -0.292 e. The Morgan fingerprint density at radius 3 is 2.47 bits per heavy atom. The third-order valence-corrected chi connectivity index (χ3v) is 2.38. The van der Waals surface area contributed by atoms with Crippen LogP contribution in [0.2, 0.25) is 0 Å². The molecule has 0 aliphatic carbocycles. The second kappa shape index (κ2) is 6.81. The van der Waals surface area contributed by atoms with Gasteiger partial charge in [-0.3, -0.25) is 4.90 Å². The monoisotopic (exact) mass is 269 g/mol. The van der Waals surface area contributed by atoms with Gasteiger partial charge >= 0.3 is 0 Å². The van der Waals surface area contributed by atoms with Crippen molar-refractivity contribution in [3.05, 3.63) is 35.4 Å². The Hall–Kier alpha value is -0.810. The Labute approximate surface area is 102 Å². The lowest BCUT2D eigenvalue weighted by molar-refractivity contribution is 0.0873. The van der Waals surface area contributed by atoms with Crippen molar-refractivity contribution in [1.82, 2.24) is 4.90 Å². The highest BCUT2D eigenvalue weighted by Crippen LogP contribution is 2.13. The fourth-order valence-corrected chi connectivity index (χ4v) is 1.68. The first-order chi connectivity index (χ1) is 8.02. The van der Waals surface area contributed by atoms with Gasteiger partial charge in [-0.05, 0) is 6.07 Å². The normalized spacial score (nSPS) is 11.5. The minimum absolute atomic E-state index is 0.0107. The predicted octanol–water partition coefficient (Wildman–Crippen LogP) is 3.27. The van der Waals surface area contributed by atoms with E-state index in [1.54, 1.807) is 0 Å². The third-order valence-electron chi connectivity index (χ3n) is 2.21.